The number of hydrogen-bond donors (Lipinski definition) is 1. The molecule has 40 heavy (non-hydrogen) atoms. The number of likely N-dealkylation sites (N-methyl/N-ethyl adjacent to an activating group) is 1. The van der Waals surface area contributed by atoms with E-state index in [9.17, 15) is 14.4 Å². The number of carbonyl (C=O) groups is 3. The van der Waals surface area contributed by atoms with Gasteiger partial charge in [-0.25, -0.2) is 4.79 Å². The van der Waals surface area contributed by atoms with Crippen molar-refractivity contribution in [2.75, 3.05) is 40.5 Å². The Morgan fingerprint density at radius 2 is 0.950 bits per heavy atom. The van der Waals surface area contributed by atoms with Gasteiger partial charge in [-0.05, 0) is 26.9 Å². The molecule has 0 aromatic heterocycles. The molecule has 0 heterocycles. The van der Waals surface area contributed by atoms with Gasteiger partial charge in [-0.2, -0.15) is 0 Å². The number of nitrogens with zero attached hydrogens (tertiary/aromatic N) is 1. The topological polar surface area (TPSA) is 94.2 Å². The van der Waals surface area contributed by atoms with Crippen LogP contribution < -0.4 is 5.32 Å². The molecule has 0 bridgehead atoms. The Kier molecular flexibility index (Phi) is 27.4. The van der Waals surface area contributed by atoms with Gasteiger partial charge in [0.2, 0.25) is 0 Å². The van der Waals surface area contributed by atoms with Crippen LogP contribution in [0.4, 0.5) is 4.79 Å². The third-order valence-corrected chi connectivity index (χ3v) is 6.95. The number of nitrogens with one attached hydrogen (secondary N) is 1. The fourth-order valence-electron chi connectivity index (χ4n) is 4.35. The molecule has 8 nitrogen and oxygen atoms in total. The molecule has 0 aromatic carbocycles. The summed E-state index contributed by atoms with van der Waals surface area (Å²) in [7, 11) is 3.79. The molecular formula is C32H62N2O6. The van der Waals surface area contributed by atoms with Crippen LogP contribution in [-0.4, -0.2) is 69.4 Å². The first-order valence-electron chi connectivity index (χ1n) is 16.3. The average Bonchev–Trinajstić information content (AvgIpc) is 2.92. The highest BCUT2D eigenvalue weighted by Gasteiger charge is 2.18. The van der Waals surface area contributed by atoms with Crippen molar-refractivity contribution in [1.82, 2.24) is 10.2 Å². The number of unbranched alkanes of at least 4 members (excludes halogenated alkanes) is 16. The zero-order valence-corrected chi connectivity index (χ0v) is 26.4. The molecule has 0 spiro atoms. The second kappa shape index (κ2) is 28.7. The van der Waals surface area contributed by atoms with Crippen LogP contribution in [0.2, 0.25) is 0 Å². The number of amides is 1. The number of carbonyl (C=O) groups excluding carboxylic acids is 3. The van der Waals surface area contributed by atoms with Crippen molar-refractivity contribution in [2.24, 2.45) is 0 Å². The van der Waals surface area contributed by atoms with E-state index in [1.165, 1.54) is 77.0 Å². The molecule has 8 heteroatoms. The number of esters is 2. The van der Waals surface area contributed by atoms with Gasteiger partial charge in [0, 0.05) is 19.4 Å². The highest BCUT2D eigenvalue weighted by atomic mass is 16.6. The van der Waals surface area contributed by atoms with E-state index in [1.807, 2.05) is 19.0 Å². The van der Waals surface area contributed by atoms with Gasteiger partial charge in [0.15, 0.2) is 0 Å². The highest BCUT2D eigenvalue weighted by molar-refractivity contribution is 5.70. The molecule has 1 N–H and O–H groups in total. The van der Waals surface area contributed by atoms with Crippen molar-refractivity contribution >= 4 is 18.0 Å². The lowest BCUT2D eigenvalue weighted by Gasteiger charge is -2.19. The highest BCUT2D eigenvalue weighted by Crippen LogP contribution is 2.12. The predicted molar refractivity (Wildman–Crippen MR) is 162 cm³/mol. The number of hydrogen-bond acceptors (Lipinski definition) is 7. The van der Waals surface area contributed by atoms with Crippen molar-refractivity contribution in [3.8, 4) is 0 Å². The smallest absolute Gasteiger partial charge is 0.407 e. The van der Waals surface area contributed by atoms with E-state index in [1.54, 1.807) is 0 Å². The van der Waals surface area contributed by atoms with E-state index in [4.69, 9.17) is 14.2 Å². The third kappa shape index (κ3) is 27.7. The number of rotatable bonds is 28. The van der Waals surface area contributed by atoms with E-state index in [0.29, 0.717) is 19.4 Å². The molecule has 0 aliphatic rings. The molecule has 0 atom stereocenters. The van der Waals surface area contributed by atoms with Crippen LogP contribution in [0.1, 0.15) is 142 Å². The zero-order valence-electron chi connectivity index (χ0n) is 26.4. The Labute approximate surface area is 245 Å². The Hall–Kier alpha value is -1.83. The second-order valence-corrected chi connectivity index (χ2v) is 11.3. The van der Waals surface area contributed by atoms with Crippen LogP contribution in [0.25, 0.3) is 0 Å². The van der Waals surface area contributed by atoms with E-state index in [0.717, 1.165) is 38.5 Å². The molecule has 0 saturated carbocycles. The van der Waals surface area contributed by atoms with Crippen molar-refractivity contribution in [2.45, 2.75) is 148 Å². The summed E-state index contributed by atoms with van der Waals surface area (Å²) >= 11 is 0. The van der Waals surface area contributed by atoms with E-state index in [-0.39, 0.29) is 31.8 Å². The summed E-state index contributed by atoms with van der Waals surface area (Å²) in [6.45, 7) is 5.18. The van der Waals surface area contributed by atoms with E-state index >= 15 is 0 Å². The molecule has 0 aliphatic heterocycles. The summed E-state index contributed by atoms with van der Waals surface area (Å²) in [5, 5.41) is 2.68. The van der Waals surface area contributed by atoms with Crippen molar-refractivity contribution in [3.63, 3.8) is 0 Å². The molecule has 0 unspecified atom stereocenters. The summed E-state index contributed by atoms with van der Waals surface area (Å²) in [5.41, 5.74) is 0. The van der Waals surface area contributed by atoms with Gasteiger partial charge in [-0.3, -0.25) is 9.59 Å². The molecule has 0 rings (SSSR count). The molecule has 236 valence electrons. The SMILES string of the molecule is CCCCCCCCCCCC(=O)OCC(COC(=O)CCCCCCCCCCC)NC(=O)OCCN(C)C. The quantitative estimate of drug-likeness (QED) is 0.0589. The summed E-state index contributed by atoms with van der Waals surface area (Å²) in [6.07, 6.45) is 21.3. The van der Waals surface area contributed by atoms with Crippen LogP contribution in [0.3, 0.4) is 0 Å². The molecule has 0 fully saturated rings. The molecule has 0 saturated heterocycles. The Balaban J connectivity index is 4.26. The third-order valence-electron chi connectivity index (χ3n) is 6.95. The van der Waals surface area contributed by atoms with Crippen LogP contribution in [0.15, 0.2) is 0 Å². The minimum absolute atomic E-state index is 0.0512. The van der Waals surface area contributed by atoms with Gasteiger partial charge < -0.3 is 24.4 Å². The lowest BCUT2D eigenvalue weighted by atomic mass is 10.1. The van der Waals surface area contributed by atoms with E-state index in [2.05, 4.69) is 19.2 Å². The van der Waals surface area contributed by atoms with E-state index < -0.39 is 12.1 Å². The van der Waals surface area contributed by atoms with Crippen LogP contribution >= 0.6 is 0 Å². The van der Waals surface area contributed by atoms with Gasteiger partial charge in [-0.15, -0.1) is 0 Å². The minimum Gasteiger partial charge on any atom is -0.463 e. The maximum absolute atomic E-state index is 12.2. The fourth-order valence-corrected chi connectivity index (χ4v) is 4.35. The summed E-state index contributed by atoms with van der Waals surface area (Å²) in [4.78, 5) is 38.6. The van der Waals surface area contributed by atoms with Crippen LogP contribution in [-0.2, 0) is 23.8 Å². The largest absolute Gasteiger partial charge is 0.463 e. The molecule has 1 amide bonds. The Morgan fingerprint density at radius 1 is 0.575 bits per heavy atom. The molecular weight excluding hydrogens is 508 g/mol. The molecule has 0 radical (unpaired) electrons. The molecule has 0 aliphatic carbocycles. The second-order valence-electron chi connectivity index (χ2n) is 11.3. The zero-order chi connectivity index (χ0) is 29.7. The van der Waals surface area contributed by atoms with Crippen LogP contribution in [0, 0.1) is 0 Å². The number of ether oxygens (including phenoxy) is 3. The monoisotopic (exact) mass is 570 g/mol. The standard InChI is InChI=1S/C32H62N2O6/c1-5-7-9-11-13-15-17-19-21-23-30(35)39-27-29(33-32(37)38-26-25-34(3)4)28-40-31(36)24-22-20-18-16-14-12-10-8-6-2/h29H,5-28H2,1-4H3,(H,33,37). The lowest BCUT2D eigenvalue weighted by Crippen LogP contribution is -2.43. The minimum atomic E-state index is -0.647. The average molecular weight is 571 g/mol. The predicted octanol–water partition coefficient (Wildman–Crippen LogP) is 7.57. The first-order chi connectivity index (χ1) is 19.4. The summed E-state index contributed by atoms with van der Waals surface area (Å²) < 4.78 is 16.0. The van der Waals surface area contributed by atoms with Crippen molar-refractivity contribution in [1.29, 1.82) is 0 Å². The van der Waals surface area contributed by atoms with Crippen molar-refractivity contribution in [3.05, 3.63) is 0 Å². The first kappa shape index (κ1) is 38.2. The Morgan fingerprint density at radius 3 is 1.32 bits per heavy atom. The number of alkyl carbamates (subject to hydrolysis) is 1. The van der Waals surface area contributed by atoms with Gasteiger partial charge in [0.1, 0.15) is 25.9 Å². The van der Waals surface area contributed by atoms with Gasteiger partial charge in [-0.1, -0.05) is 117 Å². The lowest BCUT2D eigenvalue weighted by molar-refractivity contribution is -0.147. The Bertz CT molecular complexity index is 576. The van der Waals surface area contributed by atoms with Crippen LogP contribution in [0.5, 0.6) is 0 Å². The maximum Gasteiger partial charge on any atom is 0.407 e. The normalized spacial score (nSPS) is 11.2. The maximum atomic E-state index is 12.2. The van der Waals surface area contributed by atoms with Gasteiger partial charge in [0.05, 0.1) is 0 Å². The summed E-state index contributed by atoms with van der Waals surface area (Å²) in [6, 6.07) is -0.647. The first-order valence-corrected chi connectivity index (χ1v) is 16.3. The van der Waals surface area contributed by atoms with Gasteiger partial charge in [0.25, 0.3) is 0 Å². The fraction of sp³-hybridized carbons (Fsp3) is 0.906. The molecule has 0 aromatic rings. The van der Waals surface area contributed by atoms with Gasteiger partial charge >= 0.3 is 18.0 Å². The summed E-state index contributed by atoms with van der Waals surface area (Å²) in [5.74, 6) is -0.589. The van der Waals surface area contributed by atoms with Crippen molar-refractivity contribution < 1.29 is 28.6 Å².